The molecule has 0 bridgehead atoms. The number of para-hydroxylation sites is 1. The van der Waals surface area contributed by atoms with Gasteiger partial charge in [0.25, 0.3) is 5.91 Å². The average molecular weight is 317 g/mol. The predicted molar refractivity (Wildman–Crippen MR) is 94.5 cm³/mol. The first-order chi connectivity index (χ1) is 10.6. The highest BCUT2D eigenvalue weighted by Gasteiger charge is 2.34. The quantitative estimate of drug-likeness (QED) is 0.881. The molecule has 2 rings (SSSR count). The lowest BCUT2D eigenvalue weighted by Crippen LogP contribution is -2.39. The summed E-state index contributed by atoms with van der Waals surface area (Å²) in [5, 5.41) is 0. The van der Waals surface area contributed by atoms with Gasteiger partial charge in [0.2, 0.25) is 0 Å². The van der Waals surface area contributed by atoms with Gasteiger partial charge in [-0.25, -0.2) is 4.57 Å². The van der Waals surface area contributed by atoms with Gasteiger partial charge in [0, 0.05) is 6.54 Å². The van der Waals surface area contributed by atoms with Crippen molar-refractivity contribution in [2.24, 2.45) is 5.41 Å². The van der Waals surface area contributed by atoms with E-state index in [0.29, 0.717) is 5.95 Å². The Hall–Kier alpha value is -1.88. The zero-order chi connectivity index (χ0) is 17.4. The number of benzene rings is 1. The van der Waals surface area contributed by atoms with Gasteiger partial charge in [-0.1, -0.05) is 12.1 Å². The van der Waals surface area contributed by atoms with Crippen molar-refractivity contribution >= 4 is 22.9 Å². The number of carbonyl (C=O) groups excluding carboxylic acids is 1. The molecule has 0 amide bonds. The Morgan fingerprint density at radius 1 is 1.30 bits per heavy atom. The molecule has 2 N–H and O–H groups in total. The molecule has 23 heavy (non-hydrogen) atoms. The van der Waals surface area contributed by atoms with Crippen molar-refractivity contribution in [2.45, 2.75) is 40.7 Å². The van der Waals surface area contributed by atoms with Gasteiger partial charge in [0.15, 0.2) is 5.52 Å². The summed E-state index contributed by atoms with van der Waals surface area (Å²) < 4.78 is 3.76. The number of imidazole rings is 1. The summed E-state index contributed by atoms with van der Waals surface area (Å²) in [5.74, 6) is 0.550. The third-order valence-electron chi connectivity index (χ3n) is 4.07. The van der Waals surface area contributed by atoms with Crippen LogP contribution in [0.25, 0.3) is 11.0 Å². The summed E-state index contributed by atoms with van der Waals surface area (Å²) in [7, 11) is 4.12. The fourth-order valence-corrected chi connectivity index (χ4v) is 2.83. The van der Waals surface area contributed by atoms with E-state index in [0.717, 1.165) is 36.1 Å². The molecule has 0 fully saturated rings. The van der Waals surface area contributed by atoms with Crippen LogP contribution in [0, 0.1) is 12.3 Å². The van der Waals surface area contributed by atoms with Gasteiger partial charge in [0.1, 0.15) is 5.52 Å². The number of nitrogens with zero attached hydrogens (tertiary/aromatic N) is 3. The number of carbonyl (C=O) groups is 1. The van der Waals surface area contributed by atoms with Crippen molar-refractivity contribution in [2.75, 3.05) is 26.4 Å². The predicted octanol–water partition coefficient (Wildman–Crippen LogP) is 2.46. The number of anilines is 1. The minimum atomic E-state index is -0.482. The number of nitrogens with two attached hydrogens (primary N) is 1. The number of hydrogen-bond donors (Lipinski definition) is 1. The van der Waals surface area contributed by atoms with Crippen LogP contribution < -0.4 is 10.3 Å². The van der Waals surface area contributed by atoms with Crippen LogP contribution in [0.15, 0.2) is 18.2 Å². The molecule has 0 aliphatic rings. The largest absolute Gasteiger partial charge is 0.363 e. The molecule has 1 aromatic heterocycles. The zero-order valence-corrected chi connectivity index (χ0v) is 15.2. The second-order valence-electron chi connectivity index (χ2n) is 7.50. The fourth-order valence-electron chi connectivity index (χ4n) is 2.83. The van der Waals surface area contributed by atoms with Crippen molar-refractivity contribution < 1.29 is 9.36 Å². The summed E-state index contributed by atoms with van der Waals surface area (Å²) in [6.07, 6.45) is 0.985. The highest BCUT2D eigenvalue weighted by atomic mass is 16.2. The standard InChI is InChI=1S/C18H28N4O/c1-13-9-7-10-14-15(13)22(16(23)18(2,3)4)17(19)21(14)12-8-11-20(5)6/h7,9-10,19H,8,11-12H2,1-6H3/p+1. The molecule has 126 valence electrons. The van der Waals surface area contributed by atoms with Gasteiger partial charge < -0.3 is 4.90 Å². The van der Waals surface area contributed by atoms with E-state index < -0.39 is 5.41 Å². The Morgan fingerprint density at radius 2 is 1.96 bits per heavy atom. The summed E-state index contributed by atoms with van der Waals surface area (Å²) >= 11 is 0. The highest BCUT2D eigenvalue weighted by molar-refractivity contribution is 5.95. The van der Waals surface area contributed by atoms with Crippen molar-refractivity contribution in [1.82, 2.24) is 9.47 Å². The molecule has 0 saturated carbocycles. The first-order valence-corrected chi connectivity index (χ1v) is 8.13. The van der Waals surface area contributed by atoms with Crippen LogP contribution in [-0.4, -0.2) is 36.0 Å². The normalized spacial score (nSPS) is 12.3. The lowest BCUT2D eigenvalue weighted by atomic mass is 9.95. The van der Waals surface area contributed by atoms with Crippen molar-refractivity contribution in [3.8, 4) is 0 Å². The van der Waals surface area contributed by atoms with E-state index in [1.54, 1.807) is 4.57 Å². The molecule has 0 saturated heterocycles. The van der Waals surface area contributed by atoms with Crippen molar-refractivity contribution in [3.63, 3.8) is 0 Å². The number of aromatic nitrogens is 2. The summed E-state index contributed by atoms with van der Waals surface area (Å²) in [5.41, 5.74) is 8.93. The molecule has 0 aliphatic heterocycles. The van der Waals surface area contributed by atoms with Crippen LogP contribution in [0.5, 0.6) is 0 Å². The highest BCUT2D eigenvalue weighted by Crippen LogP contribution is 2.25. The minimum absolute atomic E-state index is 0.0284. The second kappa shape index (κ2) is 6.32. The molecule has 1 aromatic carbocycles. The molecule has 0 atom stereocenters. The van der Waals surface area contributed by atoms with Crippen molar-refractivity contribution in [1.29, 1.82) is 0 Å². The molecule has 5 nitrogen and oxygen atoms in total. The molecule has 5 heteroatoms. The van der Waals surface area contributed by atoms with Gasteiger partial charge in [-0.15, -0.1) is 0 Å². The number of aryl methyl sites for hydroxylation is 2. The number of rotatable bonds is 4. The Bertz CT molecular complexity index is 723. The maximum atomic E-state index is 12.9. The van der Waals surface area contributed by atoms with Crippen LogP contribution in [0.1, 0.15) is 37.6 Å². The summed E-state index contributed by atoms with van der Waals surface area (Å²) in [6.45, 7) is 9.59. The topological polar surface area (TPSA) is 55.1 Å². The number of fused-ring (bicyclic) bond motifs is 1. The third kappa shape index (κ3) is 3.39. The minimum Gasteiger partial charge on any atom is -0.309 e. The Balaban J connectivity index is 2.59. The van der Waals surface area contributed by atoms with Gasteiger partial charge in [-0.3, -0.25) is 10.5 Å². The van der Waals surface area contributed by atoms with Gasteiger partial charge >= 0.3 is 5.95 Å². The van der Waals surface area contributed by atoms with Gasteiger partial charge in [-0.05, 0) is 59.8 Å². The molecule has 1 heterocycles. The SMILES string of the molecule is Cc1cccc2c1n(C(=O)C(C)(C)C)c(N)[n+]2CCCN(C)C. The van der Waals surface area contributed by atoms with E-state index in [4.69, 9.17) is 5.73 Å². The van der Waals surface area contributed by atoms with Gasteiger partial charge in [0.05, 0.1) is 12.0 Å². The number of hydrogen-bond acceptors (Lipinski definition) is 3. The van der Waals surface area contributed by atoms with Crippen LogP contribution in [0.3, 0.4) is 0 Å². The first-order valence-electron chi connectivity index (χ1n) is 8.13. The molecular formula is C18H29N4O+. The zero-order valence-electron chi connectivity index (χ0n) is 15.2. The van der Waals surface area contributed by atoms with E-state index in [1.807, 2.05) is 45.9 Å². The Labute approximate surface area is 138 Å². The molecule has 2 aromatic rings. The molecule has 0 aliphatic carbocycles. The maximum Gasteiger partial charge on any atom is 0.363 e. The van der Waals surface area contributed by atoms with E-state index in [-0.39, 0.29) is 5.91 Å². The van der Waals surface area contributed by atoms with Gasteiger partial charge in [-0.2, -0.15) is 4.57 Å². The molecule has 0 spiro atoms. The lowest BCUT2D eigenvalue weighted by Gasteiger charge is -2.15. The van der Waals surface area contributed by atoms with E-state index >= 15 is 0 Å². The second-order valence-corrected chi connectivity index (χ2v) is 7.50. The van der Waals surface area contributed by atoms with Crippen LogP contribution in [-0.2, 0) is 6.54 Å². The molecule has 0 unspecified atom stereocenters. The first kappa shape index (κ1) is 17.5. The van der Waals surface area contributed by atoms with E-state index in [1.165, 1.54) is 0 Å². The van der Waals surface area contributed by atoms with E-state index in [9.17, 15) is 4.79 Å². The van der Waals surface area contributed by atoms with Crippen LogP contribution >= 0.6 is 0 Å². The van der Waals surface area contributed by atoms with Crippen molar-refractivity contribution in [3.05, 3.63) is 23.8 Å². The average Bonchev–Trinajstić information content (AvgIpc) is 2.71. The summed E-state index contributed by atoms with van der Waals surface area (Å²) in [4.78, 5) is 15.1. The number of nitrogen functional groups attached to an aromatic ring is 1. The lowest BCUT2D eigenvalue weighted by molar-refractivity contribution is -0.657. The summed E-state index contributed by atoms with van der Waals surface area (Å²) in [6, 6.07) is 6.09. The molecule has 0 radical (unpaired) electrons. The van der Waals surface area contributed by atoms with Crippen LogP contribution in [0.2, 0.25) is 0 Å². The van der Waals surface area contributed by atoms with E-state index in [2.05, 4.69) is 23.6 Å². The fraction of sp³-hybridized carbons (Fsp3) is 0.556. The monoisotopic (exact) mass is 317 g/mol. The maximum absolute atomic E-state index is 12.9. The molecular weight excluding hydrogens is 288 g/mol. The van der Waals surface area contributed by atoms with Crippen LogP contribution in [0.4, 0.5) is 5.95 Å². The Kier molecular flexibility index (Phi) is 4.80. The third-order valence-corrected chi connectivity index (χ3v) is 4.07. The smallest absolute Gasteiger partial charge is 0.309 e. The Morgan fingerprint density at radius 3 is 2.52 bits per heavy atom.